The van der Waals surface area contributed by atoms with E-state index in [2.05, 4.69) is 20.8 Å². The SMILES string of the molecule is CCn1c(NNC(=O)c2csc(-c3ccccc3)n2)nc2ccccc2c1=O. The Balaban J connectivity index is 1.56. The van der Waals surface area contributed by atoms with Crippen LogP contribution in [-0.2, 0) is 6.54 Å². The van der Waals surface area contributed by atoms with Crippen LogP contribution >= 0.6 is 11.3 Å². The quantitative estimate of drug-likeness (QED) is 0.510. The predicted molar refractivity (Wildman–Crippen MR) is 110 cm³/mol. The Labute approximate surface area is 164 Å². The van der Waals surface area contributed by atoms with Crippen molar-refractivity contribution in [3.05, 3.63) is 76.0 Å². The number of anilines is 1. The number of nitrogens with zero attached hydrogens (tertiary/aromatic N) is 3. The molecule has 0 aliphatic rings. The second-order valence-electron chi connectivity index (χ2n) is 5.99. The number of amides is 1. The van der Waals surface area contributed by atoms with E-state index in [1.54, 1.807) is 23.6 Å². The Morgan fingerprint density at radius 1 is 1.07 bits per heavy atom. The summed E-state index contributed by atoms with van der Waals surface area (Å²) in [7, 11) is 0. The van der Waals surface area contributed by atoms with Crippen molar-refractivity contribution in [3.63, 3.8) is 0 Å². The van der Waals surface area contributed by atoms with Gasteiger partial charge in [-0.1, -0.05) is 42.5 Å². The van der Waals surface area contributed by atoms with Crippen molar-refractivity contribution in [3.8, 4) is 10.6 Å². The van der Waals surface area contributed by atoms with Crippen LogP contribution in [0.5, 0.6) is 0 Å². The molecule has 0 spiro atoms. The second-order valence-corrected chi connectivity index (χ2v) is 6.84. The van der Waals surface area contributed by atoms with Crippen molar-refractivity contribution >= 4 is 34.1 Å². The van der Waals surface area contributed by atoms with E-state index in [1.807, 2.05) is 43.3 Å². The molecule has 0 unspecified atom stereocenters. The van der Waals surface area contributed by atoms with Gasteiger partial charge in [0.2, 0.25) is 5.95 Å². The average Bonchev–Trinajstić information content (AvgIpc) is 3.23. The van der Waals surface area contributed by atoms with Crippen molar-refractivity contribution in [1.29, 1.82) is 0 Å². The molecule has 0 atom stereocenters. The van der Waals surface area contributed by atoms with E-state index in [-0.39, 0.29) is 11.5 Å². The minimum Gasteiger partial charge on any atom is -0.277 e. The monoisotopic (exact) mass is 391 g/mol. The minimum absolute atomic E-state index is 0.162. The molecule has 0 radical (unpaired) electrons. The highest BCUT2D eigenvalue weighted by atomic mass is 32.1. The topological polar surface area (TPSA) is 88.9 Å². The van der Waals surface area contributed by atoms with Crippen LogP contribution in [0.25, 0.3) is 21.5 Å². The lowest BCUT2D eigenvalue weighted by Crippen LogP contribution is -2.34. The summed E-state index contributed by atoms with van der Waals surface area (Å²) in [6.07, 6.45) is 0. The summed E-state index contributed by atoms with van der Waals surface area (Å²) < 4.78 is 1.47. The van der Waals surface area contributed by atoms with E-state index in [0.29, 0.717) is 23.1 Å². The van der Waals surface area contributed by atoms with E-state index >= 15 is 0 Å². The van der Waals surface area contributed by atoms with E-state index in [0.717, 1.165) is 10.6 Å². The van der Waals surface area contributed by atoms with Crippen LogP contribution in [0.4, 0.5) is 5.95 Å². The Hall–Kier alpha value is -3.52. The Kier molecular flexibility index (Phi) is 4.86. The lowest BCUT2D eigenvalue weighted by molar-refractivity contribution is 0.0958. The molecule has 0 aliphatic carbocycles. The van der Waals surface area contributed by atoms with Gasteiger partial charge < -0.3 is 0 Å². The zero-order chi connectivity index (χ0) is 19.5. The van der Waals surface area contributed by atoms with Gasteiger partial charge in [-0.05, 0) is 19.1 Å². The number of para-hydroxylation sites is 1. The molecular weight excluding hydrogens is 374 g/mol. The maximum atomic E-state index is 12.6. The number of benzene rings is 2. The molecule has 0 saturated heterocycles. The molecule has 7 nitrogen and oxygen atoms in total. The number of hydrogen-bond acceptors (Lipinski definition) is 6. The van der Waals surface area contributed by atoms with Crippen LogP contribution in [0.3, 0.4) is 0 Å². The predicted octanol–water partition coefficient (Wildman–Crippen LogP) is 3.30. The maximum Gasteiger partial charge on any atom is 0.289 e. The molecule has 2 aromatic carbocycles. The number of thiazole rings is 1. The number of fused-ring (bicyclic) bond motifs is 1. The van der Waals surface area contributed by atoms with E-state index in [1.165, 1.54) is 15.9 Å². The molecule has 1 amide bonds. The first-order valence-corrected chi connectivity index (χ1v) is 9.62. The highest BCUT2D eigenvalue weighted by Crippen LogP contribution is 2.23. The number of hydrogen-bond donors (Lipinski definition) is 2. The summed E-state index contributed by atoms with van der Waals surface area (Å²) in [5.41, 5.74) is 6.99. The molecule has 0 saturated carbocycles. The van der Waals surface area contributed by atoms with Crippen LogP contribution in [0.15, 0.2) is 64.8 Å². The number of hydrazine groups is 1. The summed E-state index contributed by atoms with van der Waals surface area (Å²) in [6.45, 7) is 2.27. The van der Waals surface area contributed by atoms with Crippen molar-refractivity contribution in [2.75, 3.05) is 5.43 Å². The molecule has 8 heteroatoms. The smallest absolute Gasteiger partial charge is 0.277 e. The standard InChI is InChI=1S/C20H17N5O2S/c1-2-25-19(27)14-10-6-7-11-15(14)22-20(25)24-23-17(26)16-12-28-18(21-16)13-8-4-3-5-9-13/h3-12H,2H2,1H3,(H,22,24)(H,23,26). The number of aromatic nitrogens is 3. The Morgan fingerprint density at radius 2 is 1.82 bits per heavy atom. The van der Waals surface area contributed by atoms with Crippen molar-refractivity contribution < 1.29 is 4.79 Å². The van der Waals surface area contributed by atoms with Gasteiger partial charge in [0.1, 0.15) is 10.7 Å². The summed E-state index contributed by atoms with van der Waals surface area (Å²) >= 11 is 1.39. The van der Waals surface area contributed by atoms with Crippen molar-refractivity contribution in [2.24, 2.45) is 0 Å². The number of carbonyl (C=O) groups excluding carboxylic acids is 1. The molecule has 4 aromatic rings. The molecule has 140 valence electrons. The number of carbonyl (C=O) groups is 1. The molecule has 0 bridgehead atoms. The summed E-state index contributed by atoms with van der Waals surface area (Å²) in [5.74, 6) is -0.124. The van der Waals surface area contributed by atoms with Crippen LogP contribution in [-0.4, -0.2) is 20.4 Å². The summed E-state index contributed by atoms with van der Waals surface area (Å²) in [6, 6.07) is 16.8. The number of nitrogens with one attached hydrogen (secondary N) is 2. The summed E-state index contributed by atoms with van der Waals surface area (Å²) in [5, 5.41) is 2.99. The lowest BCUT2D eigenvalue weighted by Gasteiger charge is -2.13. The van der Waals surface area contributed by atoms with Crippen LogP contribution < -0.4 is 16.4 Å². The first-order chi connectivity index (χ1) is 13.7. The highest BCUT2D eigenvalue weighted by Gasteiger charge is 2.14. The molecule has 2 N–H and O–H groups in total. The first kappa shape index (κ1) is 17.9. The third kappa shape index (κ3) is 3.37. The van der Waals surface area contributed by atoms with Crippen molar-refractivity contribution in [2.45, 2.75) is 13.5 Å². The van der Waals surface area contributed by atoms with Gasteiger partial charge in [0.25, 0.3) is 11.5 Å². The third-order valence-electron chi connectivity index (χ3n) is 4.22. The van der Waals surface area contributed by atoms with Gasteiger partial charge >= 0.3 is 0 Å². The zero-order valence-electron chi connectivity index (χ0n) is 15.0. The van der Waals surface area contributed by atoms with Gasteiger partial charge in [0.15, 0.2) is 0 Å². The van der Waals surface area contributed by atoms with Gasteiger partial charge in [-0.3, -0.25) is 25.0 Å². The lowest BCUT2D eigenvalue weighted by atomic mass is 10.2. The van der Waals surface area contributed by atoms with Crippen LogP contribution in [0.2, 0.25) is 0 Å². The van der Waals surface area contributed by atoms with E-state index < -0.39 is 5.91 Å². The third-order valence-corrected chi connectivity index (χ3v) is 5.11. The molecule has 0 aliphatic heterocycles. The maximum absolute atomic E-state index is 12.6. The van der Waals surface area contributed by atoms with Gasteiger partial charge in [-0.25, -0.2) is 9.97 Å². The molecule has 2 heterocycles. The molecule has 4 rings (SSSR count). The molecular formula is C20H17N5O2S. The van der Waals surface area contributed by atoms with Gasteiger partial charge in [-0.2, -0.15) is 0 Å². The minimum atomic E-state index is -0.400. The highest BCUT2D eigenvalue weighted by molar-refractivity contribution is 7.13. The Morgan fingerprint density at radius 3 is 2.61 bits per heavy atom. The molecule has 2 aromatic heterocycles. The fourth-order valence-electron chi connectivity index (χ4n) is 2.82. The molecule has 28 heavy (non-hydrogen) atoms. The zero-order valence-corrected chi connectivity index (χ0v) is 15.9. The van der Waals surface area contributed by atoms with Gasteiger partial charge in [-0.15, -0.1) is 11.3 Å². The summed E-state index contributed by atoms with van der Waals surface area (Å²) in [4.78, 5) is 33.9. The normalized spacial score (nSPS) is 10.8. The van der Waals surface area contributed by atoms with E-state index in [4.69, 9.17) is 0 Å². The first-order valence-electron chi connectivity index (χ1n) is 8.74. The molecule has 0 fully saturated rings. The van der Waals surface area contributed by atoms with Gasteiger partial charge in [0.05, 0.1) is 10.9 Å². The van der Waals surface area contributed by atoms with Crippen LogP contribution in [0, 0.1) is 0 Å². The van der Waals surface area contributed by atoms with Crippen molar-refractivity contribution in [1.82, 2.24) is 20.0 Å². The number of rotatable bonds is 5. The fourth-order valence-corrected chi connectivity index (χ4v) is 3.63. The second kappa shape index (κ2) is 7.61. The van der Waals surface area contributed by atoms with Crippen LogP contribution in [0.1, 0.15) is 17.4 Å². The largest absolute Gasteiger partial charge is 0.289 e. The average molecular weight is 391 g/mol. The van der Waals surface area contributed by atoms with Gasteiger partial charge in [0, 0.05) is 17.5 Å². The fraction of sp³-hybridized carbons (Fsp3) is 0.100. The van der Waals surface area contributed by atoms with E-state index in [9.17, 15) is 9.59 Å². The Bertz CT molecular complexity index is 1200.